The summed E-state index contributed by atoms with van der Waals surface area (Å²) in [4.78, 5) is 13.4. The van der Waals surface area contributed by atoms with Crippen LogP contribution >= 0.6 is 22.9 Å². The molecule has 2 aromatic rings. The lowest BCUT2D eigenvalue weighted by atomic mass is 9.94. The minimum atomic E-state index is 0.363. The topological polar surface area (TPSA) is 29.0 Å². The molecular weight excluding hydrogens is 278 g/mol. The molecule has 1 fully saturated rings. The molecule has 102 valence electrons. The van der Waals surface area contributed by atoms with Crippen LogP contribution in [0.25, 0.3) is 10.2 Å². The molecule has 1 saturated heterocycles. The van der Waals surface area contributed by atoms with Crippen LogP contribution in [0, 0.1) is 12.8 Å². The summed E-state index contributed by atoms with van der Waals surface area (Å²) >= 11 is 7.75. The maximum Gasteiger partial charge on any atom is 0.225 e. The van der Waals surface area contributed by atoms with Crippen molar-refractivity contribution in [3.8, 4) is 0 Å². The molecule has 0 atom stereocenters. The SMILES string of the molecule is CCC1CCN(c2nc(Cl)nc3sc(C)cc23)CC1. The maximum absolute atomic E-state index is 6.07. The van der Waals surface area contributed by atoms with E-state index < -0.39 is 0 Å². The van der Waals surface area contributed by atoms with Gasteiger partial charge in [0.15, 0.2) is 0 Å². The highest BCUT2D eigenvalue weighted by Crippen LogP contribution is 2.33. The van der Waals surface area contributed by atoms with Crippen molar-refractivity contribution < 1.29 is 0 Å². The fourth-order valence-corrected chi connectivity index (χ4v) is 3.88. The molecule has 0 saturated carbocycles. The fourth-order valence-electron chi connectivity index (χ4n) is 2.80. The number of aryl methyl sites for hydroxylation is 1. The lowest BCUT2D eigenvalue weighted by Gasteiger charge is -2.32. The van der Waals surface area contributed by atoms with E-state index in [0.29, 0.717) is 5.28 Å². The summed E-state index contributed by atoms with van der Waals surface area (Å²) in [7, 11) is 0. The van der Waals surface area contributed by atoms with Crippen LogP contribution < -0.4 is 4.90 Å². The van der Waals surface area contributed by atoms with Gasteiger partial charge in [-0.1, -0.05) is 13.3 Å². The minimum absolute atomic E-state index is 0.363. The standard InChI is InChI=1S/C14H18ClN3S/c1-3-10-4-6-18(7-5-10)12-11-8-9(2)19-13(11)17-14(15)16-12/h8,10H,3-7H2,1-2H3. The molecule has 3 nitrogen and oxygen atoms in total. The van der Waals surface area contributed by atoms with E-state index in [0.717, 1.165) is 35.0 Å². The van der Waals surface area contributed by atoms with Crippen molar-refractivity contribution >= 4 is 39.0 Å². The highest BCUT2D eigenvalue weighted by molar-refractivity contribution is 7.18. The van der Waals surface area contributed by atoms with E-state index >= 15 is 0 Å². The zero-order chi connectivity index (χ0) is 13.4. The molecule has 3 rings (SSSR count). The van der Waals surface area contributed by atoms with Crippen molar-refractivity contribution in [3.63, 3.8) is 0 Å². The average Bonchev–Trinajstić information content (AvgIpc) is 2.78. The summed E-state index contributed by atoms with van der Waals surface area (Å²) in [5, 5.41) is 1.52. The molecule has 0 N–H and O–H groups in total. The predicted octanol–water partition coefficient (Wildman–Crippen LogP) is 4.28. The molecule has 19 heavy (non-hydrogen) atoms. The smallest absolute Gasteiger partial charge is 0.225 e. The Hall–Kier alpha value is -0.870. The molecule has 0 aromatic carbocycles. The number of piperidine rings is 1. The Morgan fingerprint density at radius 3 is 2.79 bits per heavy atom. The molecule has 3 heterocycles. The molecule has 0 aliphatic carbocycles. The van der Waals surface area contributed by atoms with Crippen molar-refractivity contribution in [2.24, 2.45) is 5.92 Å². The summed E-state index contributed by atoms with van der Waals surface area (Å²) in [5.41, 5.74) is 0. The first kappa shape index (κ1) is 13.1. The summed E-state index contributed by atoms with van der Waals surface area (Å²) in [6, 6.07) is 2.18. The number of rotatable bonds is 2. The van der Waals surface area contributed by atoms with Crippen molar-refractivity contribution in [2.75, 3.05) is 18.0 Å². The molecule has 1 aliphatic heterocycles. The zero-order valence-electron chi connectivity index (χ0n) is 11.3. The van der Waals surface area contributed by atoms with Gasteiger partial charge in [-0.3, -0.25) is 0 Å². The van der Waals surface area contributed by atoms with Gasteiger partial charge < -0.3 is 4.90 Å². The normalized spacial score (nSPS) is 17.3. The van der Waals surface area contributed by atoms with Gasteiger partial charge in [0.05, 0.1) is 5.39 Å². The van der Waals surface area contributed by atoms with Crippen molar-refractivity contribution in [3.05, 3.63) is 16.2 Å². The minimum Gasteiger partial charge on any atom is -0.356 e. The van der Waals surface area contributed by atoms with Gasteiger partial charge >= 0.3 is 0 Å². The third-order valence-electron chi connectivity index (χ3n) is 3.96. The summed E-state index contributed by atoms with van der Waals surface area (Å²) in [6.07, 6.45) is 3.79. The van der Waals surface area contributed by atoms with Crippen LogP contribution in [0.1, 0.15) is 31.1 Å². The van der Waals surface area contributed by atoms with Crippen molar-refractivity contribution in [1.29, 1.82) is 0 Å². The largest absolute Gasteiger partial charge is 0.356 e. The van der Waals surface area contributed by atoms with Crippen LogP contribution in [0.2, 0.25) is 5.28 Å². The number of hydrogen-bond donors (Lipinski definition) is 0. The number of thiophene rings is 1. The number of halogens is 1. The first-order valence-corrected chi connectivity index (χ1v) is 8.05. The van der Waals surface area contributed by atoms with Crippen LogP contribution in [0.5, 0.6) is 0 Å². The Balaban J connectivity index is 1.96. The van der Waals surface area contributed by atoms with E-state index in [1.807, 2.05) is 0 Å². The van der Waals surface area contributed by atoms with Gasteiger partial charge in [0, 0.05) is 18.0 Å². The summed E-state index contributed by atoms with van der Waals surface area (Å²) in [6.45, 7) is 6.54. The second-order valence-corrected chi connectivity index (χ2v) is 6.80. The summed E-state index contributed by atoms with van der Waals surface area (Å²) < 4.78 is 0. The molecule has 2 aromatic heterocycles. The number of anilines is 1. The maximum atomic E-state index is 6.07. The lowest BCUT2D eigenvalue weighted by Crippen LogP contribution is -2.34. The van der Waals surface area contributed by atoms with Crippen LogP contribution in [0.4, 0.5) is 5.82 Å². The molecule has 0 spiro atoms. The Labute approximate surface area is 122 Å². The molecule has 5 heteroatoms. The van der Waals surface area contributed by atoms with E-state index in [9.17, 15) is 0 Å². The Bertz CT molecular complexity index is 588. The van der Waals surface area contributed by atoms with Gasteiger partial charge in [-0.05, 0) is 43.4 Å². The van der Waals surface area contributed by atoms with Crippen LogP contribution in [-0.2, 0) is 0 Å². The van der Waals surface area contributed by atoms with E-state index in [4.69, 9.17) is 11.6 Å². The zero-order valence-corrected chi connectivity index (χ0v) is 12.9. The lowest BCUT2D eigenvalue weighted by molar-refractivity contribution is 0.394. The Morgan fingerprint density at radius 1 is 1.37 bits per heavy atom. The van der Waals surface area contributed by atoms with Gasteiger partial charge in [-0.25, -0.2) is 4.98 Å². The van der Waals surface area contributed by atoms with Gasteiger partial charge in [0.25, 0.3) is 0 Å². The predicted molar refractivity (Wildman–Crippen MR) is 82.4 cm³/mol. The van der Waals surface area contributed by atoms with Gasteiger partial charge in [0.1, 0.15) is 10.6 Å². The first-order valence-electron chi connectivity index (χ1n) is 6.86. The number of fused-ring (bicyclic) bond motifs is 1. The highest BCUT2D eigenvalue weighted by atomic mass is 35.5. The highest BCUT2D eigenvalue weighted by Gasteiger charge is 2.21. The quantitative estimate of drug-likeness (QED) is 0.774. The fraction of sp³-hybridized carbons (Fsp3) is 0.571. The first-order chi connectivity index (χ1) is 9.17. The van der Waals surface area contributed by atoms with E-state index in [-0.39, 0.29) is 0 Å². The molecule has 1 aliphatic rings. The number of nitrogens with zero attached hydrogens (tertiary/aromatic N) is 3. The third kappa shape index (κ3) is 2.56. The third-order valence-corrected chi connectivity index (χ3v) is 5.07. The molecule has 0 radical (unpaired) electrons. The van der Waals surface area contributed by atoms with E-state index in [1.54, 1.807) is 11.3 Å². The molecule has 0 bridgehead atoms. The van der Waals surface area contributed by atoms with E-state index in [1.165, 1.54) is 24.1 Å². The van der Waals surface area contributed by atoms with E-state index in [2.05, 4.69) is 34.8 Å². The Kier molecular flexibility index (Phi) is 3.63. The van der Waals surface area contributed by atoms with Crippen LogP contribution in [0.15, 0.2) is 6.07 Å². The average molecular weight is 296 g/mol. The summed E-state index contributed by atoms with van der Waals surface area (Å²) in [5.74, 6) is 1.89. The molecular formula is C14H18ClN3S. The second kappa shape index (κ2) is 5.25. The molecule has 0 amide bonds. The van der Waals surface area contributed by atoms with Gasteiger partial charge in [0.2, 0.25) is 5.28 Å². The van der Waals surface area contributed by atoms with Crippen molar-refractivity contribution in [1.82, 2.24) is 9.97 Å². The second-order valence-electron chi connectivity index (χ2n) is 5.23. The van der Waals surface area contributed by atoms with Crippen LogP contribution in [0.3, 0.4) is 0 Å². The van der Waals surface area contributed by atoms with Gasteiger partial charge in [-0.2, -0.15) is 4.98 Å². The molecule has 0 unspecified atom stereocenters. The van der Waals surface area contributed by atoms with Crippen LogP contribution in [-0.4, -0.2) is 23.1 Å². The van der Waals surface area contributed by atoms with Gasteiger partial charge in [-0.15, -0.1) is 11.3 Å². The number of hydrogen-bond acceptors (Lipinski definition) is 4. The monoisotopic (exact) mass is 295 g/mol. The Morgan fingerprint density at radius 2 is 2.11 bits per heavy atom. The number of aromatic nitrogens is 2. The van der Waals surface area contributed by atoms with Crippen molar-refractivity contribution in [2.45, 2.75) is 33.1 Å².